The lowest BCUT2D eigenvalue weighted by Crippen LogP contribution is -2.45. The first-order valence-corrected chi connectivity index (χ1v) is 5.63. The zero-order chi connectivity index (χ0) is 14.3. The molecule has 3 atom stereocenters. The molecule has 0 aliphatic carbocycles. The van der Waals surface area contributed by atoms with Crippen LogP contribution in [0.4, 0.5) is 0 Å². The molecule has 0 aromatic rings. The Morgan fingerprint density at radius 3 is 2.17 bits per heavy atom. The average molecular weight is 264 g/mol. The van der Waals surface area contributed by atoms with Crippen LogP contribution in [-0.4, -0.2) is 63.7 Å². The van der Waals surface area contributed by atoms with Gasteiger partial charge < -0.3 is 25.2 Å². The summed E-state index contributed by atoms with van der Waals surface area (Å²) in [4.78, 5) is 22.4. The van der Waals surface area contributed by atoms with Gasteiger partial charge in [0.25, 0.3) is 0 Å². The molecule has 0 amide bonds. The number of Topliss-reactive ketones (excluding diaryl/α,β-unsaturated/α-hetero) is 1. The van der Waals surface area contributed by atoms with Gasteiger partial charge in [-0.05, 0) is 5.92 Å². The number of hydrogen-bond acceptors (Lipinski definition) is 7. The van der Waals surface area contributed by atoms with Gasteiger partial charge >= 0.3 is 5.97 Å². The van der Waals surface area contributed by atoms with Gasteiger partial charge in [0, 0.05) is 6.42 Å². The maximum absolute atomic E-state index is 11.3. The molecule has 0 unspecified atom stereocenters. The summed E-state index contributed by atoms with van der Waals surface area (Å²) in [5.74, 6) is -1.44. The Bertz CT molecular complexity index is 277. The SMILES string of the molecule is CC(C)CC(=O)OCC(=O)[C@H](O)[C@@H](O)[C@H](O)CO. The van der Waals surface area contributed by atoms with Crippen LogP contribution in [0.5, 0.6) is 0 Å². The number of aliphatic hydroxyl groups is 4. The first-order valence-electron chi connectivity index (χ1n) is 5.63. The van der Waals surface area contributed by atoms with Crippen molar-refractivity contribution in [2.24, 2.45) is 5.92 Å². The minimum absolute atomic E-state index is 0.0827. The number of ketones is 1. The standard InChI is InChI=1S/C11H20O7/c1-6(2)3-9(15)18-5-8(14)11(17)10(16)7(13)4-12/h6-7,10-13,16-17H,3-5H2,1-2H3/t7-,10+,11+/m1/s1. The van der Waals surface area contributed by atoms with Gasteiger partial charge in [-0.2, -0.15) is 0 Å². The lowest BCUT2D eigenvalue weighted by atomic mass is 10.1. The fourth-order valence-electron chi connectivity index (χ4n) is 1.14. The molecule has 0 aromatic carbocycles. The van der Waals surface area contributed by atoms with Gasteiger partial charge in [0.05, 0.1) is 6.61 Å². The molecule has 0 heterocycles. The average Bonchev–Trinajstić information content (AvgIpc) is 2.32. The van der Waals surface area contributed by atoms with Crippen molar-refractivity contribution in [3.8, 4) is 0 Å². The van der Waals surface area contributed by atoms with E-state index < -0.39 is 43.3 Å². The lowest BCUT2D eigenvalue weighted by molar-refractivity contribution is -0.155. The van der Waals surface area contributed by atoms with E-state index in [1.165, 1.54) is 0 Å². The summed E-state index contributed by atoms with van der Waals surface area (Å²) >= 11 is 0. The number of carbonyl (C=O) groups is 2. The zero-order valence-corrected chi connectivity index (χ0v) is 10.4. The highest BCUT2D eigenvalue weighted by atomic mass is 16.5. The van der Waals surface area contributed by atoms with Crippen molar-refractivity contribution in [1.82, 2.24) is 0 Å². The second-order valence-electron chi connectivity index (χ2n) is 4.41. The molecule has 0 radical (unpaired) electrons. The maximum atomic E-state index is 11.3. The van der Waals surface area contributed by atoms with Crippen molar-refractivity contribution in [2.75, 3.05) is 13.2 Å². The molecule has 0 spiro atoms. The van der Waals surface area contributed by atoms with E-state index in [9.17, 15) is 19.8 Å². The van der Waals surface area contributed by atoms with E-state index in [1.54, 1.807) is 13.8 Å². The monoisotopic (exact) mass is 264 g/mol. The summed E-state index contributed by atoms with van der Waals surface area (Å²) < 4.78 is 4.60. The second kappa shape index (κ2) is 8.15. The van der Waals surface area contributed by atoms with Gasteiger partial charge in [-0.1, -0.05) is 13.8 Å². The Hall–Kier alpha value is -1.02. The molecule has 0 fully saturated rings. The second-order valence-corrected chi connectivity index (χ2v) is 4.41. The van der Waals surface area contributed by atoms with E-state index in [4.69, 9.17) is 10.2 Å². The minimum Gasteiger partial charge on any atom is -0.458 e. The summed E-state index contributed by atoms with van der Waals surface area (Å²) in [5.41, 5.74) is 0. The first kappa shape index (κ1) is 17.0. The number of rotatable bonds is 8. The maximum Gasteiger partial charge on any atom is 0.306 e. The molecule has 0 aliphatic heterocycles. The Labute approximate surface area is 105 Å². The molecular formula is C11H20O7. The van der Waals surface area contributed by atoms with E-state index >= 15 is 0 Å². The molecule has 7 heteroatoms. The van der Waals surface area contributed by atoms with E-state index in [0.717, 1.165) is 0 Å². The van der Waals surface area contributed by atoms with Gasteiger partial charge in [0.1, 0.15) is 18.3 Å². The summed E-state index contributed by atoms with van der Waals surface area (Å²) in [6.07, 6.45) is -5.20. The Morgan fingerprint density at radius 2 is 1.72 bits per heavy atom. The topological polar surface area (TPSA) is 124 Å². The molecular weight excluding hydrogens is 244 g/mol. The van der Waals surface area contributed by atoms with E-state index in [1.807, 2.05) is 0 Å². The molecule has 18 heavy (non-hydrogen) atoms. The Kier molecular flexibility index (Phi) is 7.69. The van der Waals surface area contributed by atoms with E-state index in [2.05, 4.69) is 4.74 Å². The molecule has 4 N–H and O–H groups in total. The van der Waals surface area contributed by atoms with Gasteiger partial charge in [0.2, 0.25) is 5.78 Å². The van der Waals surface area contributed by atoms with Crippen LogP contribution < -0.4 is 0 Å². The third-order valence-corrected chi connectivity index (χ3v) is 2.18. The normalized spacial score (nSPS) is 16.2. The van der Waals surface area contributed by atoms with Crippen LogP contribution in [0.1, 0.15) is 20.3 Å². The van der Waals surface area contributed by atoms with Crippen molar-refractivity contribution in [3.63, 3.8) is 0 Å². The Morgan fingerprint density at radius 1 is 1.17 bits per heavy atom. The third-order valence-electron chi connectivity index (χ3n) is 2.18. The summed E-state index contributed by atoms with van der Waals surface area (Å²) in [6, 6.07) is 0. The van der Waals surface area contributed by atoms with Crippen LogP contribution in [0.2, 0.25) is 0 Å². The molecule has 0 aliphatic rings. The van der Waals surface area contributed by atoms with Crippen LogP contribution in [0.25, 0.3) is 0 Å². The van der Waals surface area contributed by atoms with Crippen LogP contribution in [-0.2, 0) is 14.3 Å². The quantitative estimate of drug-likeness (QED) is 0.382. The van der Waals surface area contributed by atoms with Crippen LogP contribution in [0.15, 0.2) is 0 Å². The highest BCUT2D eigenvalue weighted by Gasteiger charge is 2.30. The van der Waals surface area contributed by atoms with Gasteiger partial charge in [0.15, 0.2) is 6.61 Å². The molecule has 0 rings (SSSR count). The molecule has 0 bridgehead atoms. The number of carbonyl (C=O) groups excluding carboxylic acids is 2. The first-order chi connectivity index (χ1) is 8.29. The molecule has 7 nitrogen and oxygen atoms in total. The van der Waals surface area contributed by atoms with E-state index in [-0.39, 0.29) is 12.3 Å². The fraction of sp³-hybridized carbons (Fsp3) is 0.818. The van der Waals surface area contributed by atoms with E-state index in [0.29, 0.717) is 0 Å². The molecule has 0 saturated carbocycles. The predicted octanol–water partition coefficient (Wildman–Crippen LogP) is -1.78. The lowest BCUT2D eigenvalue weighted by Gasteiger charge is -2.20. The van der Waals surface area contributed by atoms with Crippen LogP contribution in [0.3, 0.4) is 0 Å². The Balaban J connectivity index is 4.13. The number of aliphatic hydroxyl groups excluding tert-OH is 4. The highest BCUT2D eigenvalue weighted by Crippen LogP contribution is 2.04. The number of esters is 1. The molecule has 106 valence electrons. The molecule has 0 saturated heterocycles. The van der Waals surface area contributed by atoms with Crippen molar-refractivity contribution in [1.29, 1.82) is 0 Å². The minimum atomic E-state index is -1.90. The molecule has 0 aromatic heterocycles. The van der Waals surface area contributed by atoms with Crippen LogP contribution in [0, 0.1) is 5.92 Å². The largest absolute Gasteiger partial charge is 0.458 e. The predicted molar refractivity (Wildman–Crippen MR) is 60.5 cm³/mol. The van der Waals surface area contributed by atoms with Crippen LogP contribution >= 0.6 is 0 Å². The van der Waals surface area contributed by atoms with Gasteiger partial charge in [-0.3, -0.25) is 9.59 Å². The fourth-order valence-corrected chi connectivity index (χ4v) is 1.14. The smallest absolute Gasteiger partial charge is 0.306 e. The van der Waals surface area contributed by atoms with Crippen molar-refractivity contribution >= 4 is 11.8 Å². The highest BCUT2D eigenvalue weighted by molar-refractivity contribution is 5.86. The number of ether oxygens (including phenoxy) is 1. The number of hydrogen-bond donors (Lipinski definition) is 4. The summed E-state index contributed by atoms with van der Waals surface area (Å²) in [6.45, 7) is 2.14. The van der Waals surface area contributed by atoms with Crippen molar-refractivity contribution in [2.45, 2.75) is 38.6 Å². The third kappa shape index (κ3) is 6.06. The summed E-state index contributed by atoms with van der Waals surface area (Å²) in [7, 11) is 0. The van der Waals surface area contributed by atoms with Crippen molar-refractivity contribution < 1.29 is 34.8 Å². The van der Waals surface area contributed by atoms with Gasteiger partial charge in [-0.15, -0.1) is 0 Å². The van der Waals surface area contributed by atoms with Crippen molar-refractivity contribution in [3.05, 3.63) is 0 Å². The zero-order valence-electron chi connectivity index (χ0n) is 10.4. The van der Waals surface area contributed by atoms with Gasteiger partial charge in [-0.25, -0.2) is 0 Å². The summed E-state index contributed by atoms with van der Waals surface area (Å²) in [5, 5.41) is 36.1.